The third-order valence-corrected chi connectivity index (χ3v) is 1.92. The molecule has 82 valence electrons. The lowest BCUT2D eigenvalue weighted by Gasteiger charge is -2.15. The van der Waals surface area contributed by atoms with Crippen LogP contribution in [0.4, 0.5) is 0 Å². The Labute approximate surface area is 86.6 Å². The highest BCUT2D eigenvalue weighted by atomic mass is 16.4. The molecule has 1 amide bonds. The van der Waals surface area contributed by atoms with Crippen LogP contribution in [0.1, 0.15) is 16.8 Å². The summed E-state index contributed by atoms with van der Waals surface area (Å²) in [6.45, 7) is 0.389. The van der Waals surface area contributed by atoms with E-state index in [0.29, 0.717) is 18.5 Å². The van der Waals surface area contributed by atoms with Gasteiger partial charge in [0, 0.05) is 26.2 Å². The van der Waals surface area contributed by atoms with Crippen LogP contribution in [0, 0.1) is 0 Å². The van der Waals surface area contributed by atoms with E-state index in [-0.39, 0.29) is 11.7 Å². The standard InChI is InChI=1S/C8H13N5O2/c1-13(3-2-7(9)12-15)8(14)6-4-10-11-5-6/h4-5,15H,2-3H2,1H3,(H2,9,12)(H,10,11). The Morgan fingerprint density at radius 2 is 2.53 bits per heavy atom. The maximum absolute atomic E-state index is 11.6. The van der Waals surface area contributed by atoms with E-state index in [4.69, 9.17) is 10.9 Å². The van der Waals surface area contributed by atoms with Crippen LogP contribution in [-0.2, 0) is 0 Å². The number of nitrogens with two attached hydrogens (primary N) is 1. The predicted octanol–water partition coefficient (Wildman–Crippen LogP) is -0.382. The second-order valence-corrected chi connectivity index (χ2v) is 3.06. The van der Waals surface area contributed by atoms with Gasteiger partial charge in [0.2, 0.25) is 0 Å². The van der Waals surface area contributed by atoms with Crippen molar-refractivity contribution in [3.8, 4) is 0 Å². The van der Waals surface area contributed by atoms with E-state index in [9.17, 15) is 4.79 Å². The van der Waals surface area contributed by atoms with Crippen LogP contribution in [0.2, 0.25) is 0 Å². The van der Waals surface area contributed by atoms with Gasteiger partial charge in [-0.1, -0.05) is 5.16 Å². The molecule has 0 spiro atoms. The number of nitrogens with one attached hydrogen (secondary N) is 1. The van der Waals surface area contributed by atoms with Gasteiger partial charge in [-0.05, 0) is 0 Å². The summed E-state index contributed by atoms with van der Waals surface area (Å²) < 4.78 is 0. The van der Waals surface area contributed by atoms with E-state index in [2.05, 4.69) is 15.4 Å². The maximum atomic E-state index is 11.6. The molecule has 0 bridgehead atoms. The number of amides is 1. The van der Waals surface area contributed by atoms with Crippen molar-refractivity contribution in [2.45, 2.75) is 6.42 Å². The molecule has 1 aromatic heterocycles. The minimum absolute atomic E-state index is 0.0989. The molecule has 7 nitrogen and oxygen atoms in total. The number of hydrogen-bond donors (Lipinski definition) is 3. The molecule has 7 heteroatoms. The van der Waals surface area contributed by atoms with Crippen LogP contribution in [0.3, 0.4) is 0 Å². The van der Waals surface area contributed by atoms with Gasteiger partial charge < -0.3 is 15.8 Å². The summed E-state index contributed by atoms with van der Waals surface area (Å²) in [4.78, 5) is 13.1. The summed E-state index contributed by atoms with van der Waals surface area (Å²) in [7, 11) is 1.64. The van der Waals surface area contributed by atoms with Crippen LogP contribution >= 0.6 is 0 Å². The first kappa shape index (κ1) is 11.0. The van der Waals surface area contributed by atoms with E-state index in [1.807, 2.05) is 0 Å². The molecule has 0 aliphatic rings. The van der Waals surface area contributed by atoms with Crippen LogP contribution < -0.4 is 5.73 Å². The topological polar surface area (TPSA) is 108 Å². The highest BCUT2D eigenvalue weighted by molar-refractivity contribution is 5.93. The molecule has 0 aromatic carbocycles. The number of oxime groups is 1. The molecule has 0 saturated carbocycles. The number of nitrogens with zero attached hydrogens (tertiary/aromatic N) is 3. The number of amidine groups is 1. The molecule has 0 fully saturated rings. The van der Waals surface area contributed by atoms with Gasteiger partial charge >= 0.3 is 0 Å². The monoisotopic (exact) mass is 211 g/mol. The molecule has 1 rings (SSSR count). The highest BCUT2D eigenvalue weighted by Gasteiger charge is 2.12. The van der Waals surface area contributed by atoms with Crippen molar-refractivity contribution < 1.29 is 10.0 Å². The van der Waals surface area contributed by atoms with Crippen molar-refractivity contribution in [1.29, 1.82) is 0 Å². The molecule has 1 aromatic rings. The van der Waals surface area contributed by atoms with Crippen molar-refractivity contribution in [2.75, 3.05) is 13.6 Å². The average molecular weight is 211 g/mol. The maximum Gasteiger partial charge on any atom is 0.256 e. The summed E-state index contributed by atoms with van der Waals surface area (Å²) >= 11 is 0. The predicted molar refractivity (Wildman–Crippen MR) is 53.6 cm³/mol. The quantitative estimate of drug-likeness (QED) is 0.273. The zero-order valence-electron chi connectivity index (χ0n) is 8.34. The SMILES string of the molecule is CN(CCC(N)=NO)C(=O)c1cn[nH]c1. The van der Waals surface area contributed by atoms with Gasteiger partial charge in [0.25, 0.3) is 5.91 Å². The van der Waals surface area contributed by atoms with E-state index in [0.717, 1.165) is 0 Å². The fraction of sp³-hybridized carbons (Fsp3) is 0.375. The third-order valence-electron chi connectivity index (χ3n) is 1.92. The summed E-state index contributed by atoms with van der Waals surface area (Å²) in [5.41, 5.74) is 5.77. The average Bonchev–Trinajstić information content (AvgIpc) is 2.77. The lowest BCUT2D eigenvalue weighted by Crippen LogP contribution is -2.30. The lowest BCUT2D eigenvalue weighted by atomic mass is 10.3. The first-order valence-corrected chi connectivity index (χ1v) is 4.35. The molecular formula is C8H13N5O2. The van der Waals surface area contributed by atoms with Crippen LogP contribution in [-0.4, -0.2) is 45.6 Å². The van der Waals surface area contributed by atoms with Crippen LogP contribution in [0.5, 0.6) is 0 Å². The number of carbonyl (C=O) groups excluding carboxylic acids is 1. The van der Waals surface area contributed by atoms with Crippen molar-refractivity contribution in [2.24, 2.45) is 10.9 Å². The Bertz CT molecular complexity index is 346. The summed E-state index contributed by atoms with van der Waals surface area (Å²) in [5, 5.41) is 17.4. The summed E-state index contributed by atoms with van der Waals surface area (Å²) in [6.07, 6.45) is 3.29. The number of aromatic nitrogens is 2. The van der Waals surface area contributed by atoms with Gasteiger partial charge in [0.1, 0.15) is 5.84 Å². The van der Waals surface area contributed by atoms with Crippen molar-refractivity contribution in [3.63, 3.8) is 0 Å². The molecule has 0 radical (unpaired) electrons. The van der Waals surface area contributed by atoms with Gasteiger partial charge in [0.15, 0.2) is 0 Å². The number of aromatic amines is 1. The first-order chi connectivity index (χ1) is 7.15. The van der Waals surface area contributed by atoms with Gasteiger partial charge in [-0.3, -0.25) is 9.89 Å². The van der Waals surface area contributed by atoms with Crippen molar-refractivity contribution in [3.05, 3.63) is 18.0 Å². The molecule has 1 heterocycles. The van der Waals surface area contributed by atoms with E-state index < -0.39 is 0 Å². The Morgan fingerprint density at radius 3 is 3.07 bits per heavy atom. The van der Waals surface area contributed by atoms with Crippen LogP contribution in [0.15, 0.2) is 17.5 Å². The first-order valence-electron chi connectivity index (χ1n) is 4.35. The Kier molecular flexibility index (Phi) is 3.67. The molecule has 4 N–H and O–H groups in total. The van der Waals surface area contributed by atoms with E-state index in [1.54, 1.807) is 7.05 Å². The fourth-order valence-electron chi connectivity index (χ4n) is 1.02. The highest BCUT2D eigenvalue weighted by Crippen LogP contribution is 2.00. The Hall–Kier alpha value is -2.05. The largest absolute Gasteiger partial charge is 0.409 e. The molecular weight excluding hydrogens is 198 g/mol. The molecule has 0 aliphatic heterocycles. The molecule has 0 unspecified atom stereocenters. The zero-order valence-corrected chi connectivity index (χ0v) is 8.34. The van der Waals surface area contributed by atoms with Gasteiger partial charge in [0.05, 0.1) is 11.8 Å². The van der Waals surface area contributed by atoms with Crippen molar-refractivity contribution >= 4 is 11.7 Å². The normalized spacial score (nSPS) is 11.4. The second-order valence-electron chi connectivity index (χ2n) is 3.06. The molecule has 15 heavy (non-hydrogen) atoms. The smallest absolute Gasteiger partial charge is 0.256 e. The number of rotatable bonds is 4. The Balaban J connectivity index is 2.48. The lowest BCUT2D eigenvalue weighted by molar-refractivity contribution is 0.0798. The Morgan fingerprint density at radius 1 is 1.80 bits per heavy atom. The van der Waals surface area contributed by atoms with Crippen molar-refractivity contribution in [1.82, 2.24) is 15.1 Å². The van der Waals surface area contributed by atoms with Gasteiger partial charge in [-0.25, -0.2) is 0 Å². The number of H-pyrrole nitrogens is 1. The van der Waals surface area contributed by atoms with Crippen LogP contribution in [0.25, 0.3) is 0 Å². The molecule has 0 aliphatic carbocycles. The van der Waals surface area contributed by atoms with E-state index >= 15 is 0 Å². The van der Waals surface area contributed by atoms with E-state index in [1.165, 1.54) is 17.3 Å². The third kappa shape index (κ3) is 2.97. The minimum atomic E-state index is -0.158. The second kappa shape index (κ2) is 4.99. The number of hydrogen-bond acceptors (Lipinski definition) is 4. The zero-order chi connectivity index (χ0) is 11.3. The fourth-order valence-corrected chi connectivity index (χ4v) is 1.02. The minimum Gasteiger partial charge on any atom is -0.409 e. The summed E-state index contributed by atoms with van der Waals surface area (Å²) in [5.74, 6) is -0.0590. The molecule has 0 saturated heterocycles. The molecule has 0 atom stereocenters. The van der Waals surface area contributed by atoms with Gasteiger partial charge in [-0.15, -0.1) is 0 Å². The van der Waals surface area contributed by atoms with Gasteiger partial charge in [-0.2, -0.15) is 5.10 Å². The summed E-state index contributed by atoms with van der Waals surface area (Å²) in [6, 6.07) is 0. The number of carbonyl (C=O) groups is 1.